The fraction of sp³-hybridized carbons (Fsp3) is 0.111. The molecule has 0 aliphatic carbocycles. The zero-order valence-corrected chi connectivity index (χ0v) is 18.5. The number of carboxylic acid groups (broad SMARTS) is 1. The van der Waals surface area contributed by atoms with Crippen LogP contribution >= 0.6 is 0 Å². The van der Waals surface area contributed by atoms with Crippen molar-refractivity contribution < 1.29 is 19.8 Å². The largest absolute Gasteiger partial charge is 0.511 e. The van der Waals surface area contributed by atoms with Crippen molar-refractivity contribution >= 4 is 11.9 Å². The maximum atomic E-state index is 10.7. The molecule has 0 aliphatic heterocycles. The van der Waals surface area contributed by atoms with E-state index in [9.17, 15) is 10.0 Å². The molecule has 34 heavy (non-hydrogen) atoms. The summed E-state index contributed by atoms with van der Waals surface area (Å²) in [5.74, 6) is 0.231. The second-order valence-corrected chi connectivity index (χ2v) is 7.81. The topological polar surface area (TPSA) is 105 Å². The van der Waals surface area contributed by atoms with Gasteiger partial charge in [-0.2, -0.15) is 10.2 Å². The van der Waals surface area contributed by atoms with Gasteiger partial charge in [-0.1, -0.05) is 65.8 Å². The van der Waals surface area contributed by atoms with Gasteiger partial charge in [0.1, 0.15) is 5.75 Å². The zero-order chi connectivity index (χ0) is 23.9. The molecule has 0 fully saturated rings. The van der Waals surface area contributed by atoms with Crippen molar-refractivity contribution in [3.8, 4) is 16.9 Å². The summed E-state index contributed by atoms with van der Waals surface area (Å²) in [6.07, 6.45) is 2.30. The first kappa shape index (κ1) is 22.7. The number of carbonyl (C=O) groups is 1. The van der Waals surface area contributed by atoms with Crippen molar-refractivity contribution in [2.75, 3.05) is 0 Å². The van der Waals surface area contributed by atoms with E-state index in [0.717, 1.165) is 33.4 Å². The van der Waals surface area contributed by atoms with Crippen molar-refractivity contribution in [1.82, 2.24) is 10.2 Å². The first-order valence-electron chi connectivity index (χ1n) is 10.7. The number of oxime groups is 1. The molecular formula is C27H23N3O4. The summed E-state index contributed by atoms with van der Waals surface area (Å²) in [6.45, 7) is 2.07. The molecule has 7 heteroatoms. The Morgan fingerprint density at radius 3 is 2.21 bits per heavy atom. The Balaban J connectivity index is 1.65. The fourth-order valence-electron chi connectivity index (χ4n) is 3.98. The smallest absolute Gasteiger partial charge is 0.449 e. The number of nitrogens with zero attached hydrogens (tertiary/aromatic N) is 3. The van der Waals surface area contributed by atoms with Gasteiger partial charge in [0.15, 0.2) is 0 Å². The van der Waals surface area contributed by atoms with Crippen LogP contribution in [-0.2, 0) is 0 Å². The number of aromatic nitrogens is 2. The minimum Gasteiger partial charge on any atom is -0.449 e. The van der Waals surface area contributed by atoms with Gasteiger partial charge in [0.25, 0.3) is 0 Å². The van der Waals surface area contributed by atoms with Crippen LogP contribution in [-0.4, -0.2) is 32.4 Å². The average molecular weight is 453 g/mol. The minimum absolute atomic E-state index is 0.0411. The van der Waals surface area contributed by atoms with Gasteiger partial charge in [-0.15, -0.1) is 0 Å². The van der Waals surface area contributed by atoms with Gasteiger partial charge in [0, 0.05) is 17.9 Å². The van der Waals surface area contributed by atoms with Crippen molar-refractivity contribution in [2.45, 2.75) is 19.3 Å². The first-order chi connectivity index (χ1) is 16.5. The fourth-order valence-corrected chi connectivity index (χ4v) is 3.98. The van der Waals surface area contributed by atoms with Crippen molar-refractivity contribution in [3.05, 3.63) is 114 Å². The summed E-state index contributed by atoms with van der Waals surface area (Å²) in [4.78, 5) is 10.7. The Bertz CT molecular complexity index is 1290. The van der Waals surface area contributed by atoms with E-state index in [1.807, 2.05) is 36.4 Å². The van der Waals surface area contributed by atoms with Gasteiger partial charge in [0.05, 0.1) is 18.1 Å². The van der Waals surface area contributed by atoms with Gasteiger partial charge in [-0.3, -0.25) is 0 Å². The third-order valence-electron chi connectivity index (χ3n) is 5.71. The number of benzene rings is 3. The van der Waals surface area contributed by atoms with Crippen molar-refractivity contribution in [3.63, 3.8) is 0 Å². The molecule has 4 rings (SSSR count). The Morgan fingerprint density at radius 2 is 1.62 bits per heavy atom. The molecule has 0 spiro atoms. The lowest BCUT2D eigenvalue weighted by atomic mass is 9.83. The molecular weight excluding hydrogens is 430 g/mol. The quantitative estimate of drug-likeness (QED) is 0.118. The number of hydrogen-bond donors (Lipinski definition) is 2. The molecule has 1 heterocycles. The first-order valence-corrected chi connectivity index (χ1v) is 10.7. The highest BCUT2D eigenvalue weighted by atomic mass is 16.7. The van der Waals surface area contributed by atoms with Crippen LogP contribution in [0.5, 0.6) is 5.75 Å². The lowest BCUT2D eigenvalue weighted by molar-refractivity contribution is 0.144. The van der Waals surface area contributed by atoms with E-state index in [-0.39, 0.29) is 11.7 Å². The van der Waals surface area contributed by atoms with E-state index in [0.29, 0.717) is 12.1 Å². The molecule has 3 aromatic carbocycles. The predicted octanol–water partition coefficient (Wildman–Crippen LogP) is 5.91. The van der Waals surface area contributed by atoms with Crippen molar-refractivity contribution in [2.24, 2.45) is 5.16 Å². The number of aryl methyl sites for hydroxylation is 1. The monoisotopic (exact) mass is 453 g/mol. The molecule has 1 unspecified atom stereocenters. The van der Waals surface area contributed by atoms with Crippen LogP contribution in [0.1, 0.15) is 34.6 Å². The summed E-state index contributed by atoms with van der Waals surface area (Å²) < 4.78 is 4.68. The maximum Gasteiger partial charge on any atom is 0.511 e. The molecule has 0 saturated heterocycles. The zero-order valence-electron chi connectivity index (χ0n) is 18.5. The molecule has 0 saturated carbocycles. The van der Waals surface area contributed by atoms with Crippen LogP contribution in [0, 0.1) is 6.92 Å². The molecule has 1 atom stereocenters. The lowest BCUT2D eigenvalue weighted by Crippen LogP contribution is -2.12. The molecule has 0 radical (unpaired) electrons. The van der Waals surface area contributed by atoms with Gasteiger partial charge in [0.2, 0.25) is 0 Å². The van der Waals surface area contributed by atoms with E-state index in [1.54, 1.807) is 30.6 Å². The minimum atomic E-state index is -1.34. The highest BCUT2D eigenvalue weighted by Crippen LogP contribution is 2.33. The van der Waals surface area contributed by atoms with Crippen LogP contribution in [0.2, 0.25) is 0 Å². The molecule has 2 N–H and O–H groups in total. The highest BCUT2D eigenvalue weighted by Gasteiger charge is 2.20. The van der Waals surface area contributed by atoms with Gasteiger partial charge < -0.3 is 15.1 Å². The maximum absolute atomic E-state index is 10.7. The van der Waals surface area contributed by atoms with E-state index in [1.165, 1.54) is 0 Å². The van der Waals surface area contributed by atoms with Crippen molar-refractivity contribution in [1.29, 1.82) is 0 Å². The number of hydrogen-bond acceptors (Lipinski definition) is 6. The molecule has 0 aliphatic rings. The summed E-state index contributed by atoms with van der Waals surface area (Å²) in [7, 11) is 0. The Kier molecular flexibility index (Phi) is 6.93. The number of ether oxygens (including phenoxy) is 1. The number of rotatable bonds is 7. The van der Waals surface area contributed by atoms with Crippen LogP contribution in [0.15, 0.2) is 96.4 Å². The van der Waals surface area contributed by atoms with Crippen LogP contribution in [0.3, 0.4) is 0 Å². The Morgan fingerprint density at radius 1 is 0.941 bits per heavy atom. The Labute approximate surface area is 197 Å². The normalized spacial score (nSPS) is 12.2. The second kappa shape index (κ2) is 10.4. The third kappa shape index (κ3) is 5.27. The van der Waals surface area contributed by atoms with Gasteiger partial charge in [-0.05, 0) is 52.9 Å². The predicted molar refractivity (Wildman–Crippen MR) is 129 cm³/mol. The standard InChI is InChI=1S/C27H23N3O4/c1-18-4-2-3-5-24(18)25(16-26(30-33)22-14-15-28-29-17-22)21-8-6-19(7-9-21)20-10-12-23(13-11-20)34-27(31)32/h2-15,17,25,33H,16H2,1H3,(H,31,32)/b30-26+. The average Bonchev–Trinajstić information content (AvgIpc) is 2.86. The van der Waals surface area contributed by atoms with Gasteiger partial charge >= 0.3 is 6.16 Å². The molecule has 0 amide bonds. The summed E-state index contributed by atoms with van der Waals surface area (Å²) >= 11 is 0. The van der Waals surface area contributed by atoms with E-state index in [2.05, 4.69) is 51.3 Å². The molecule has 1 aromatic heterocycles. The SMILES string of the molecule is Cc1ccccc1C(C/C(=N\O)c1ccnnc1)c1ccc(-c2ccc(OC(=O)O)cc2)cc1. The van der Waals surface area contributed by atoms with Gasteiger partial charge in [-0.25, -0.2) is 4.79 Å². The molecule has 170 valence electrons. The lowest BCUT2D eigenvalue weighted by Gasteiger charge is -2.21. The van der Waals surface area contributed by atoms with E-state index in [4.69, 9.17) is 5.11 Å². The molecule has 7 nitrogen and oxygen atoms in total. The third-order valence-corrected chi connectivity index (χ3v) is 5.71. The van der Waals surface area contributed by atoms with Crippen LogP contribution in [0.4, 0.5) is 4.79 Å². The summed E-state index contributed by atoms with van der Waals surface area (Å²) in [5.41, 5.74) is 6.55. The molecule has 4 aromatic rings. The van der Waals surface area contributed by atoms with E-state index < -0.39 is 6.16 Å². The summed E-state index contributed by atoms with van der Waals surface area (Å²) in [5, 5.41) is 29.8. The summed E-state index contributed by atoms with van der Waals surface area (Å²) in [6, 6.07) is 25.0. The highest BCUT2D eigenvalue weighted by molar-refractivity contribution is 6.00. The second-order valence-electron chi connectivity index (χ2n) is 7.81. The van der Waals surface area contributed by atoms with E-state index >= 15 is 0 Å². The molecule has 0 bridgehead atoms. The van der Waals surface area contributed by atoms with Crippen LogP contribution < -0.4 is 4.74 Å². The van der Waals surface area contributed by atoms with Crippen LogP contribution in [0.25, 0.3) is 11.1 Å². The Hall–Kier alpha value is -4.52.